The second kappa shape index (κ2) is 9.89. The van der Waals surface area contributed by atoms with Crippen LogP contribution in [0.5, 0.6) is 0 Å². The highest BCUT2D eigenvalue weighted by Crippen LogP contribution is 2.40. The van der Waals surface area contributed by atoms with E-state index in [1.54, 1.807) is 17.4 Å². The summed E-state index contributed by atoms with van der Waals surface area (Å²) in [4.78, 5) is 16.2. The number of carbonyl (C=O) groups is 1. The molecule has 2 heterocycles. The third kappa shape index (κ3) is 5.04. The van der Waals surface area contributed by atoms with Gasteiger partial charge in [-0.1, -0.05) is 29.3 Å². The molecule has 1 aromatic carbocycles. The molecule has 1 aromatic heterocycles. The molecule has 1 N–H and O–H groups in total. The first-order valence-electron chi connectivity index (χ1n) is 9.21. The second-order valence-electron chi connectivity index (χ2n) is 6.43. The van der Waals surface area contributed by atoms with Gasteiger partial charge in [0.1, 0.15) is 0 Å². The minimum atomic E-state index is -0.164. The lowest BCUT2D eigenvalue weighted by molar-refractivity contribution is -0.132. The number of carbonyl (C=O) groups excluding carboxylic acids is 1. The van der Waals surface area contributed by atoms with Crippen molar-refractivity contribution in [2.45, 2.75) is 25.8 Å². The van der Waals surface area contributed by atoms with E-state index in [0.29, 0.717) is 29.7 Å². The maximum Gasteiger partial charge on any atom is 0.237 e. The van der Waals surface area contributed by atoms with E-state index >= 15 is 0 Å². The summed E-state index contributed by atoms with van der Waals surface area (Å²) in [5.74, 6) is 0.0827. The van der Waals surface area contributed by atoms with Crippen LogP contribution >= 0.6 is 34.5 Å². The van der Waals surface area contributed by atoms with Gasteiger partial charge in [-0.15, -0.1) is 11.3 Å². The van der Waals surface area contributed by atoms with E-state index < -0.39 is 0 Å². The third-order valence-electron chi connectivity index (χ3n) is 4.67. The molecule has 7 heteroatoms. The molecule has 0 bridgehead atoms. The van der Waals surface area contributed by atoms with Crippen LogP contribution in [0, 0.1) is 0 Å². The number of nitrogens with one attached hydrogen (secondary N) is 1. The van der Waals surface area contributed by atoms with E-state index in [1.165, 1.54) is 10.4 Å². The molecule has 2 aromatic rings. The van der Waals surface area contributed by atoms with Crippen LogP contribution in [0.2, 0.25) is 10.0 Å². The van der Waals surface area contributed by atoms with Crippen LogP contribution in [-0.4, -0.2) is 43.7 Å². The smallest absolute Gasteiger partial charge is 0.237 e. The predicted octanol–water partition coefficient (Wildman–Crippen LogP) is 4.55. The number of fused-ring (bicyclic) bond motifs is 1. The molecule has 0 spiro atoms. The monoisotopic (exact) mass is 426 g/mol. The minimum Gasteiger partial charge on any atom is -0.382 e. The Hall–Kier alpha value is -1.11. The molecular formula is C20H24Cl2N2O2S. The van der Waals surface area contributed by atoms with Crippen molar-refractivity contribution in [3.8, 4) is 0 Å². The summed E-state index contributed by atoms with van der Waals surface area (Å²) in [6.07, 6.45) is 1.77. The summed E-state index contributed by atoms with van der Waals surface area (Å²) in [7, 11) is 0. The largest absolute Gasteiger partial charge is 0.382 e. The van der Waals surface area contributed by atoms with Gasteiger partial charge in [-0.3, -0.25) is 4.79 Å². The van der Waals surface area contributed by atoms with Crippen molar-refractivity contribution >= 4 is 40.4 Å². The average Bonchev–Trinajstić information content (AvgIpc) is 3.13. The number of hydrogen-bond donors (Lipinski definition) is 1. The highest BCUT2D eigenvalue weighted by atomic mass is 35.5. The quantitative estimate of drug-likeness (QED) is 0.629. The predicted molar refractivity (Wildman–Crippen MR) is 112 cm³/mol. The van der Waals surface area contributed by atoms with Crippen LogP contribution in [0.4, 0.5) is 0 Å². The maximum atomic E-state index is 12.9. The summed E-state index contributed by atoms with van der Waals surface area (Å²) in [6.45, 7) is 5.18. The Morgan fingerprint density at radius 2 is 2.19 bits per heavy atom. The van der Waals surface area contributed by atoms with Crippen molar-refractivity contribution in [3.05, 3.63) is 55.7 Å². The van der Waals surface area contributed by atoms with Crippen LogP contribution in [0.1, 0.15) is 35.4 Å². The first kappa shape index (κ1) is 20.6. The molecule has 0 unspecified atom stereocenters. The number of nitrogens with zero attached hydrogens (tertiary/aromatic N) is 1. The summed E-state index contributed by atoms with van der Waals surface area (Å²) in [6, 6.07) is 7.44. The Kier molecular flexibility index (Phi) is 7.56. The zero-order valence-electron chi connectivity index (χ0n) is 15.3. The van der Waals surface area contributed by atoms with E-state index in [4.69, 9.17) is 27.9 Å². The molecule has 0 fully saturated rings. The first-order valence-corrected chi connectivity index (χ1v) is 10.8. The van der Waals surface area contributed by atoms with Gasteiger partial charge in [0.25, 0.3) is 0 Å². The lowest BCUT2D eigenvalue weighted by atomic mass is 9.93. The van der Waals surface area contributed by atoms with Crippen LogP contribution in [-0.2, 0) is 16.0 Å². The summed E-state index contributed by atoms with van der Waals surface area (Å²) in [5, 5.41) is 6.50. The molecule has 0 saturated heterocycles. The SMILES string of the molecule is CCOCCCNCC(=O)N1CCc2sccc2[C@H]1c1ccc(Cl)cc1Cl. The fraction of sp³-hybridized carbons (Fsp3) is 0.450. The Morgan fingerprint density at radius 1 is 1.33 bits per heavy atom. The molecule has 0 saturated carbocycles. The van der Waals surface area contributed by atoms with Crippen molar-refractivity contribution in [1.82, 2.24) is 10.2 Å². The topological polar surface area (TPSA) is 41.6 Å². The summed E-state index contributed by atoms with van der Waals surface area (Å²) >= 11 is 14.3. The van der Waals surface area contributed by atoms with Gasteiger partial charge in [-0.25, -0.2) is 0 Å². The molecule has 1 amide bonds. The standard InChI is InChI=1S/C20H24Cl2N2O2S/c1-2-26-10-3-8-23-13-19(25)24-9-6-18-16(7-11-27-18)20(24)15-5-4-14(21)12-17(15)22/h4-5,7,11-12,20,23H,2-3,6,8-10,13H2,1H3/t20-/m1/s1. The van der Waals surface area contributed by atoms with Gasteiger partial charge in [-0.2, -0.15) is 0 Å². The van der Waals surface area contributed by atoms with E-state index in [0.717, 1.165) is 31.6 Å². The Morgan fingerprint density at radius 3 is 2.96 bits per heavy atom. The average molecular weight is 427 g/mol. The second-order valence-corrected chi connectivity index (χ2v) is 8.28. The molecule has 0 radical (unpaired) electrons. The minimum absolute atomic E-state index is 0.0827. The van der Waals surface area contributed by atoms with Gasteiger partial charge < -0.3 is 15.0 Å². The molecule has 4 nitrogen and oxygen atoms in total. The van der Waals surface area contributed by atoms with Gasteiger partial charge in [-0.05, 0) is 61.0 Å². The van der Waals surface area contributed by atoms with Crippen molar-refractivity contribution in [1.29, 1.82) is 0 Å². The Bertz CT molecular complexity index is 781. The van der Waals surface area contributed by atoms with E-state index in [2.05, 4.69) is 16.8 Å². The van der Waals surface area contributed by atoms with Crippen LogP contribution in [0.3, 0.4) is 0 Å². The number of halogens is 2. The van der Waals surface area contributed by atoms with Crippen molar-refractivity contribution in [3.63, 3.8) is 0 Å². The fourth-order valence-electron chi connectivity index (χ4n) is 3.38. The highest BCUT2D eigenvalue weighted by molar-refractivity contribution is 7.10. The summed E-state index contributed by atoms with van der Waals surface area (Å²) in [5.41, 5.74) is 2.09. The number of benzene rings is 1. The van der Waals surface area contributed by atoms with Gasteiger partial charge >= 0.3 is 0 Å². The van der Waals surface area contributed by atoms with E-state index in [9.17, 15) is 4.79 Å². The Balaban J connectivity index is 1.74. The van der Waals surface area contributed by atoms with Gasteiger partial charge in [0.15, 0.2) is 0 Å². The number of rotatable bonds is 8. The zero-order valence-corrected chi connectivity index (χ0v) is 17.7. The lowest BCUT2D eigenvalue weighted by Crippen LogP contribution is -2.44. The lowest BCUT2D eigenvalue weighted by Gasteiger charge is -2.37. The highest BCUT2D eigenvalue weighted by Gasteiger charge is 2.33. The number of amides is 1. The van der Waals surface area contributed by atoms with Gasteiger partial charge in [0, 0.05) is 34.7 Å². The van der Waals surface area contributed by atoms with Crippen LogP contribution < -0.4 is 5.32 Å². The molecule has 3 rings (SSSR count). The maximum absolute atomic E-state index is 12.9. The molecule has 0 aliphatic carbocycles. The molecule has 1 aliphatic heterocycles. The van der Waals surface area contributed by atoms with Gasteiger partial charge in [0.2, 0.25) is 5.91 Å². The molecule has 1 atom stereocenters. The number of thiophene rings is 1. The molecular weight excluding hydrogens is 403 g/mol. The van der Waals surface area contributed by atoms with Crippen molar-refractivity contribution in [2.75, 3.05) is 32.8 Å². The van der Waals surface area contributed by atoms with E-state index in [-0.39, 0.29) is 11.9 Å². The first-order chi connectivity index (χ1) is 13.1. The normalized spacial score (nSPS) is 16.4. The number of hydrogen-bond acceptors (Lipinski definition) is 4. The van der Waals surface area contributed by atoms with Gasteiger partial charge in [0.05, 0.1) is 12.6 Å². The van der Waals surface area contributed by atoms with Crippen molar-refractivity contribution < 1.29 is 9.53 Å². The Labute approximate surface area is 174 Å². The molecule has 1 aliphatic rings. The van der Waals surface area contributed by atoms with Crippen LogP contribution in [0.15, 0.2) is 29.6 Å². The third-order valence-corrected chi connectivity index (χ3v) is 6.22. The summed E-state index contributed by atoms with van der Waals surface area (Å²) < 4.78 is 5.33. The zero-order chi connectivity index (χ0) is 19.2. The number of ether oxygens (including phenoxy) is 1. The fourth-order valence-corrected chi connectivity index (χ4v) is 4.80. The van der Waals surface area contributed by atoms with Crippen LogP contribution in [0.25, 0.3) is 0 Å². The van der Waals surface area contributed by atoms with E-state index in [1.807, 2.05) is 24.0 Å². The molecule has 27 heavy (non-hydrogen) atoms. The molecule has 146 valence electrons. The van der Waals surface area contributed by atoms with Crippen molar-refractivity contribution in [2.24, 2.45) is 0 Å².